The Morgan fingerprint density at radius 1 is 1.19 bits per heavy atom. The highest BCUT2D eigenvalue weighted by Gasteiger charge is 2.19. The van der Waals surface area contributed by atoms with Gasteiger partial charge < -0.3 is 20.5 Å². The standard InChI is InChI=1S/C15H17N3O3/c1-20-12-6-4-3-5-11(12)18-14(15(16)19)10-7-8-13(21-2)17-9-10/h3-9,14,18H,1-2H3,(H2,16,19). The van der Waals surface area contributed by atoms with Crippen LogP contribution in [0.5, 0.6) is 11.6 Å². The predicted octanol–water partition coefficient (Wildman–Crippen LogP) is 1.74. The summed E-state index contributed by atoms with van der Waals surface area (Å²) >= 11 is 0. The Kier molecular flexibility index (Phi) is 4.61. The molecular formula is C15H17N3O3. The van der Waals surface area contributed by atoms with Crippen LogP contribution in [0.2, 0.25) is 0 Å². The molecule has 1 aromatic carbocycles. The zero-order valence-electron chi connectivity index (χ0n) is 11.9. The van der Waals surface area contributed by atoms with E-state index in [0.717, 1.165) is 0 Å². The van der Waals surface area contributed by atoms with Gasteiger partial charge in [-0.05, 0) is 18.2 Å². The van der Waals surface area contributed by atoms with Gasteiger partial charge in [0, 0.05) is 17.8 Å². The normalized spacial score (nSPS) is 11.5. The number of nitrogens with two attached hydrogens (primary N) is 1. The molecule has 1 aromatic heterocycles. The van der Waals surface area contributed by atoms with E-state index < -0.39 is 11.9 Å². The Morgan fingerprint density at radius 2 is 1.95 bits per heavy atom. The minimum atomic E-state index is -0.709. The largest absolute Gasteiger partial charge is 0.495 e. The maximum absolute atomic E-state index is 11.7. The zero-order chi connectivity index (χ0) is 15.2. The highest BCUT2D eigenvalue weighted by molar-refractivity contribution is 5.85. The molecule has 0 aliphatic carbocycles. The summed E-state index contributed by atoms with van der Waals surface area (Å²) in [5.74, 6) is 0.595. The lowest BCUT2D eigenvalue weighted by Gasteiger charge is -2.18. The molecule has 2 rings (SSSR count). The number of methoxy groups -OCH3 is 2. The summed E-state index contributed by atoms with van der Waals surface area (Å²) < 4.78 is 10.2. The van der Waals surface area contributed by atoms with E-state index >= 15 is 0 Å². The third-order valence-electron chi connectivity index (χ3n) is 2.99. The van der Waals surface area contributed by atoms with Gasteiger partial charge in [0.05, 0.1) is 19.9 Å². The van der Waals surface area contributed by atoms with Crippen molar-refractivity contribution < 1.29 is 14.3 Å². The minimum Gasteiger partial charge on any atom is -0.495 e. The monoisotopic (exact) mass is 287 g/mol. The highest BCUT2D eigenvalue weighted by atomic mass is 16.5. The number of ether oxygens (including phenoxy) is 2. The number of hydrogen-bond acceptors (Lipinski definition) is 5. The van der Waals surface area contributed by atoms with Crippen LogP contribution >= 0.6 is 0 Å². The van der Waals surface area contributed by atoms with E-state index in [1.165, 1.54) is 7.11 Å². The second-order valence-corrected chi connectivity index (χ2v) is 4.31. The fourth-order valence-electron chi connectivity index (χ4n) is 1.92. The van der Waals surface area contributed by atoms with Gasteiger partial charge in [-0.2, -0.15) is 0 Å². The second-order valence-electron chi connectivity index (χ2n) is 4.31. The van der Waals surface area contributed by atoms with E-state index in [1.807, 2.05) is 18.2 Å². The first-order valence-corrected chi connectivity index (χ1v) is 6.34. The molecule has 0 radical (unpaired) electrons. The van der Waals surface area contributed by atoms with Crippen LogP contribution in [0.15, 0.2) is 42.6 Å². The third-order valence-corrected chi connectivity index (χ3v) is 2.99. The number of carbonyl (C=O) groups is 1. The van der Waals surface area contributed by atoms with E-state index in [-0.39, 0.29) is 0 Å². The third kappa shape index (κ3) is 3.42. The summed E-state index contributed by atoms with van der Waals surface area (Å²) in [7, 11) is 3.09. The number of hydrogen-bond donors (Lipinski definition) is 2. The summed E-state index contributed by atoms with van der Waals surface area (Å²) in [4.78, 5) is 15.8. The van der Waals surface area contributed by atoms with Crippen molar-refractivity contribution in [2.75, 3.05) is 19.5 Å². The van der Waals surface area contributed by atoms with Crippen LogP contribution in [0.4, 0.5) is 5.69 Å². The van der Waals surface area contributed by atoms with E-state index in [9.17, 15) is 4.79 Å². The van der Waals surface area contributed by atoms with Gasteiger partial charge in [0.2, 0.25) is 11.8 Å². The number of aromatic nitrogens is 1. The van der Waals surface area contributed by atoms with Gasteiger partial charge in [0.1, 0.15) is 11.8 Å². The highest BCUT2D eigenvalue weighted by Crippen LogP contribution is 2.28. The molecule has 1 unspecified atom stereocenters. The van der Waals surface area contributed by atoms with E-state index in [0.29, 0.717) is 22.9 Å². The second kappa shape index (κ2) is 6.60. The number of carbonyl (C=O) groups excluding carboxylic acids is 1. The van der Waals surface area contributed by atoms with Gasteiger partial charge in [-0.1, -0.05) is 12.1 Å². The van der Waals surface area contributed by atoms with Crippen molar-refractivity contribution in [3.05, 3.63) is 48.2 Å². The molecule has 1 heterocycles. The first-order chi connectivity index (χ1) is 10.2. The average molecular weight is 287 g/mol. The lowest BCUT2D eigenvalue weighted by Crippen LogP contribution is -2.28. The molecule has 0 spiro atoms. The molecular weight excluding hydrogens is 270 g/mol. The molecule has 21 heavy (non-hydrogen) atoms. The summed E-state index contributed by atoms with van der Waals surface area (Å²) in [5.41, 5.74) is 6.80. The van der Waals surface area contributed by atoms with Gasteiger partial charge in [0.15, 0.2) is 0 Å². The summed E-state index contributed by atoms with van der Waals surface area (Å²) in [5, 5.41) is 3.07. The van der Waals surface area contributed by atoms with Gasteiger partial charge in [-0.3, -0.25) is 4.79 Å². The number of nitrogens with one attached hydrogen (secondary N) is 1. The van der Waals surface area contributed by atoms with Crippen LogP contribution in [0.3, 0.4) is 0 Å². The molecule has 0 aliphatic heterocycles. The van der Waals surface area contributed by atoms with Crippen LogP contribution < -0.4 is 20.5 Å². The number of nitrogens with zero attached hydrogens (tertiary/aromatic N) is 1. The first kappa shape index (κ1) is 14.6. The summed E-state index contributed by atoms with van der Waals surface area (Å²) in [6.45, 7) is 0. The van der Waals surface area contributed by atoms with Crippen molar-refractivity contribution in [3.8, 4) is 11.6 Å². The van der Waals surface area contributed by atoms with Crippen molar-refractivity contribution >= 4 is 11.6 Å². The van der Waals surface area contributed by atoms with Crippen molar-refractivity contribution in [1.29, 1.82) is 0 Å². The number of primary amides is 1. The lowest BCUT2D eigenvalue weighted by atomic mass is 10.1. The zero-order valence-corrected chi connectivity index (χ0v) is 11.9. The summed E-state index contributed by atoms with van der Waals surface area (Å²) in [6, 6.07) is 10.0. The van der Waals surface area contributed by atoms with Crippen molar-refractivity contribution in [2.45, 2.75) is 6.04 Å². The molecule has 6 nitrogen and oxygen atoms in total. The van der Waals surface area contributed by atoms with Crippen LogP contribution in [-0.2, 0) is 4.79 Å². The molecule has 0 saturated heterocycles. The Labute approximate surface area is 122 Å². The fraction of sp³-hybridized carbons (Fsp3) is 0.200. The van der Waals surface area contributed by atoms with Crippen LogP contribution in [-0.4, -0.2) is 25.1 Å². The van der Waals surface area contributed by atoms with E-state index in [2.05, 4.69) is 10.3 Å². The number of para-hydroxylation sites is 2. The van der Waals surface area contributed by atoms with E-state index in [1.54, 1.807) is 31.5 Å². The Balaban J connectivity index is 2.28. The van der Waals surface area contributed by atoms with Crippen molar-refractivity contribution in [3.63, 3.8) is 0 Å². The Hall–Kier alpha value is -2.76. The van der Waals surface area contributed by atoms with Crippen LogP contribution in [0, 0.1) is 0 Å². The Morgan fingerprint density at radius 3 is 2.52 bits per heavy atom. The quantitative estimate of drug-likeness (QED) is 0.845. The molecule has 1 amide bonds. The molecule has 110 valence electrons. The molecule has 0 fully saturated rings. The molecule has 2 aromatic rings. The minimum absolute atomic E-state index is 0.472. The maximum atomic E-state index is 11.7. The molecule has 3 N–H and O–H groups in total. The number of benzene rings is 1. The topological polar surface area (TPSA) is 86.5 Å². The van der Waals surface area contributed by atoms with Crippen LogP contribution in [0.25, 0.3) is 0 Å². The maximum Gasteiger partial charge on any atom is 0.244 e. The number of anilines is 1. The SMILES string of the molecule is COc1ccc(C(Nc2ccccc2OC)C(N)=O)cn1. The van der Waals surface area contributed by atoms with Crippen LogP contribution in [0.1, 0.15) is 11.6 Å². The Bertz CT molecular complexity index is 614. The van der Waals surface area contributed by atoms with Crippen molar-refractivity contribution in [1.82, 2.24) is 4.98 Å². The lowest BCUT2D eigenvalue weighted by molar-refractivity contribution is -0.118. The van der Waals surface area contributed by atoms with Crippen molar-refractivity contribution in [2.24, 2.45) is 5.73 Å². The molecule has 1 atom stereocenters. The van der Waals surface area contributed by atoms with Gasteiger partial charge in [-0.25, -0.2) is 4.98 Å². The molecule has 0 aliphatic rings. The molecule has 6 heteroatoms. The number of rotatable bonds is 6. The van der Waals surface area contributed by atoms with Gasteiger partial charge >= 0.3 is 0 Å². The summed E-state index contributed by atoms with van der Waals surface area (Å²) in [6.07, 6.45) is 1.55. The van der Waals surface area contributed by atoms with Gasteiger partial charge in [-0.15, -0.1) is 0 Å². The number of amides is 1. The number of pyridine rings is 1. The van der Waals surface area contributed by atoms with E-state index in [4.69, 9.17) is 15.2 Å². The molecule has 0 bridgehead atoms. The first-order valence-electron chi connectivity index (χ1n) is 6.34. The smallest absolute Gasteiger partial charge is 0.244 e. The van der Waals surface area contributed by atoms with Gasteiger partial charge in [0.25, 0.3) is 0 Å². The fourth-order valence-corrected chi connectivity index (χ4v) is 1.92. The predicted molar refractivity (Wildman–Crippen MR) is 79.3 cm³/mol. The molecule has 0 saturated carbocycles. The average Bonchev–Trinajstić information content (AvgIpc) is 2.53.